The first-order valence-corrected chi connectivity index (χ1v) is 9.58. The average Bonchev–Trinajstić information content (AvgIpc) is 2.98. The van der Waals surface area contributed by atoms with Gasteiger partial charge in [-0.2, -0.15) is 0 Å². The molecule has 0 unspecified atom stereocenters. The zero-order chi connectivity index (χ0) is 19.5. The summed E-state index contributed by atoms with van der Waals surface area (Å²) in [6.45, 7) is 6.28. The lowest BCUT2D eigenvalue weighted by molar-refractivity contribution is -0.170. The maximum absolute atomic E-state index is 12.7. The van der Waals surface area contributed by atoms with Gasteiger partial charge in [-0.3, -0.25) is 4.79 Å². The van der Waals surface area contributed by atoms with E-state index in [9.17, 15) is 9.90 Å². The van der Waals surface area contributed by atoms with Gasteiger partial charge in [0.2, 0.25) is 0 Å². The highest BCUT2D eigenvalue weighted by Gasteiger charge is 2.58. The molecule has 1 aliphatic carbocycles. The van der Waals surface area contributed by atoms with Crippen LogP contribution in [0.15, 0.2) is 48.5 Å². The van der Waals surface area contributed by atoms with Crippen molar-refractivity contribution in [2.24, 2.45) is 5.41 Å². The van der Waals surface area contributed by atoms with Crippen molar-refractivity contribution < 1.29 is 19.4 Å². The molecule has 0 spiro atoms. The first-order chi connectivity index (χ1) is 12.9. The Morgan fingerprint density at radius 3 is 2.59 bits per heavy atom. The van der Waals surface area contributed by atoms with E-state index in [0.29, 0.717) is 37.4 Å². The SMILES string of the molecule is CCOC(=O)[C@]1(C)CCC[C@]1(O)c1cc(C)ccc1OCc1ccccc1. The highest BCUT2D eigenvalue weighted by molar-refractivity contribution is 5.79. The van der Waals surface area contributed by atoms with Gasteiger partial charge in [0.15, 0.2) is 0 Å². The molecule has 0 aromatic heterocycles. The third-order valence-electron chi connectivity index (χ3n) is 5.67. The molecule has 0 aliphatic heterocycles. The molecule has 2 aromatic carbocycles. The summed E-state index contributed by atoms with van der Waals surface area (Å²) in [6.07, 6.45) is 1.86. The van der Waals surface area contributed by atoms with Crippen LogP contribution in [0.2, 0.25) is 0 Å². The Balaban J connectivity index is 1.97. The lowest BCUT2D eigenvalue weighted by Gasteiger charge is -2.38. The number of hydrogen-bond acceptors (Lipinski definition) is 4. The van der Waals surface area contributed by atoms with Crippen LogP contribution in [0, 0.1) is 12.3 Å². The number of aryl methyl sites for hydroxylation is 1. The van der Waals surface area contributed by atoms with Gasteiger partial charge in [0, 0.05) is 5.56 Å². The van der Waals surface area contributed by atoms with Crippen molar-refractivity contribution in [1.82, 2.24) is 0 Å². The zero-order valence-corrected chi connectivity index (χ0v) is 16.3. The molecule has 144 valence electrons. The van der Waals surface area contributed by atoms with Crippen molar-refractivity contribution in [2.75, 3.05) is 6.61 Å². The largest absolute Gasteiger partial charge is 0.489 e. The normalized spacial score (nSPS) is 24.6. The summed E-state index contributed by atoms with van der Waals surface area (Å²) in [5, 5.41) is 11.7. The number of benzene rings is 2. The second-order valence-corrected chi connectivity index (χ2v) is 7.54. The molecular weight excluding hydrogens is 340 g/mol. The molecule has 0 bridgehead atoms. The molecule has 1 N–H and O–H groups in total. The highest BCUT2D eigenvalue weighted by Crippen LogP contribution is 2.55. The second kappa shape index (κ2) is 7.73. The average molecular weight is 368 g/mol. The topological polar surface area (TPSA) is 55.8 Å². The summed E-state index contributed by atoms with van der Waals surface area (Å²) in [6, 6.07) is 15.7. The van der Waals surface area contributed by atoms with Crippen LogP contribution in [0.3, 0.4) is 0 Å². The fourth-order valence-corrected chi connectivity index (χ4v) is 4.00. The van der Waals surface area contributed by atoms with Gasteiger partial charge >= 0.3 is 5.97 Å². The number of hydrogen-bond donors (Lipinski definition) is 1. The van der Waals surface area contributed by atoms with Gasteiger partial charge in [0.25, 0.3) is 0 Å². The van der Waals surface area contributed by atoms with Gasteiger partial charge < -0.3 is 14.6 Å². The Morgan fingerprint density at radius 2 is 1.89 bits per heavy atom. The fraction of sp³-hybridized carbons (Fsp3) is 0.435. The molecule has 1 saturated carbocycles. The Morgan fingerprint density at radius 1 is 1.15 bits per heavy atom. The maximum Gasteiger partial charge on any atom is 0.315 e. The van der Waals surface area contributed by atoms with Gasteiger partial charge in [-0.05, 0) is 57.7 Å². The van der Waals surface area contributed by atoms with E-state index in [1.807, 2.05) is 55.5 Å². The Bertz CT molecular complexity index is 801. The molecule has 4 nitrogen and oxygen atoms in total. The van der Waals surface area contributed by atoms with E-state index in [1.165, 1.54) is 0 Å². The predicted molar refractivity (Wildman–Crippen MR) is 104 cm³/mol. The number of esters is 1. The molecule has 0 amide bonds. The standard InChI is InChI=1S/C23H28O4/c1-4-26-21(24)22(3)13-8-14-23(22,25)19-15-17(2)11-12-20(19)27-16-18-9-6-5-7-10-18/h5-7,9-12,15,25H,4,8,13-14,16H2,1-3H3/t22-,23-/m0/s1. The van der Waals surface area contributed by atoms with E-state index in [1.54, 1.807) is 13.8 Å². The van der Waals surface area contributed by atoms with Gasteiger partial charge in [0.05, 0.1) is 12.0 Å². The van der Waals surface area contributed by atoms with Crippen molar-refractivity contribution in [2.45, 2.75) is 52.2 Å². The Kier molecular flexibility index (Phi) is 5.56. The van der Waals surface area contributed by atoms with Crippen molar-refractivity contribution in [3.8, 4) is 5.75 Å². The van der Waals surface area contributed by atoms with Crippen LogP contribution in [0.1, 0.15) is 49.8 Å². The molecular formula is C23H28O4. The van der Waals surface area contributed by atoms with Gasteiger partial charge in [-0.25, -0.2) is 0 Å². The molecule has 0 radical (unpaired) electrons. The minimum Gasteiger partial charge on any atom is -0.489 e. The molecule has 2 atom stereocenters. The van der Waals surface area contributed by atoms with Gasteiger partial charge in [-0.15, -0.1) is 0 Å². The summed E-state index contributed by atoms with van der Waals surface area (Å²) in [4.78, 5) is 12.7. The van der Waals surface area contributed by atoms with Crippen molar-refractivity contribution in [3.63, 3.8) is 0 Å². The van der Waals surface area contributed by atoms with Gasteiger partial charge in [-0.1, -0.05) is 42.0 Å². The molecule has 1 aliphatic rings. The lowest BCUT2D eigenvalue weighted by Crippen LogP contribution is -2.46. The number of ether oxygens (including phenoxy) is 2. The van der Waals surface area contributed by atoms with E-state index in [-0.39, 0.29) is 5.97 Å². The molecule has 3 rings (SSSR count). The number of aliphatic hydroxyl groups is 1. The smallest absolute Gasteiger partial charge is 0.315 e. The van der Waals surface area contributed by atoms with E-state index in [4.69, 9.17) is 9.47 Å². The van der Waals surface area contributed by atoms with E-state index >= 15 is 0 Å². The van der Waals surface area contributed by atoms with Crippen LogP contribution in [-0.2, 0) is 21.7 Å². The van der Waals surface area contributed by atoms with E-state index in [2.05, 4.69) is 0 Å². The third-order valence-corrected chi connectivity index (χ3v) is 5.67. The molecule has 0 saturated heterocycles. The summed E-state index contributed by atoms with van der Waals surface area (Å²) in [5.74, 6) is 0.268. The first-order valence-electron chi connectivity index (χ1n) is 9.58. The van der Waals surface area contributed by atoms with Crippen molar-refractivity contribution in [1.29, 1.82) is 0 Å². The third kappa shape index (κ3) is 3.59. The van der Waals surface area contributed by atoms with Crippen LogP contribution in [0.5, 0.6) is 5.75 Å². The summed E-state index contributed by atoms with van der Waals surface area (Å²) < 4.78 is 11.4. The van der Waals surface area contributed by atoms with Crippen molar-refractivity contribution in [3.05, 3.63) is 65.2 Å². The van der Waals surface area contributed by atoms with Crippen molar-refractivity contribution >= 4 is 5.97 Å². The predicted octanol–water partition coefficient (Wildman–Crippen LogP) is 4.51. The lowest BCUT2D eigenvalue weighted by atomic mass is 9.71. The number of carbonyl (C=O) groups excluding carboxylic acids is 1. The quantitative estimate of drug-likeness (QED) is 0.762. The summed E-state index contributed by atoms with van der Waals surface area (Å²) in [5.41, 5.74) is 0.449. The fourth-order valence-electron chi connectivity index (χ4n) is 4.00. The molecule has 0 heterocycles. The highest BCUT2D eigenvalue weighted by atomic mass is 16.5. The molecule has 1 fully saturated rings. The zero-order valence-electron chi connectivity index (χ0n) is 16.3. The van der Waals surface area contributed by atoms with Gasteiger partial charge in [0.1, 0.15) is 18.0 Å². The molecule has 27 heavy (non-hydrogen) atoms. The van der Waals surface area contributed by atoms with E-state index < -0.39 is 11.0 Å². The maximum atomic E-state index is 12.7. The van der Waals surface area contributed by atoms with E-state index in [0.717, 1.165) is 17.5 Å². The Hall–Kier alpha value is -2.33. The van der Waals surface area contributed by atoms with Crippen LogP contribution in [0.25, 0.3) is 0 Å². The Labute approximate surface area is 161 Å². The summed E-state index contributed by atoms with van der Waals surface area (Å²) >= 11 is 0. The van der Waals surface area contributed by atoms with Crippen LogP contribution in [0.4, 0.5) is 0 Å². The first kappa shape index (κ1) is 19.4. The number of carbonyl (C=O) groups is 1. The second-order valence-electron chi connectivity index (χ2n) is 7.54. The summed E-state index contributed by atoms with van der Waals surface area (Å²) in [7, 11) is 0. The minimum absolute atomic E-state index is 0.301. The molecule has 2 aromatic rings. The van der Waals surface area contributed by atoms with Crippen LogP contribution >= 0.6 is 0 Å². The van der Waals surface area contributed by atoms with Crippen LogP contribution < -0.4 is 4.74 Å². The number of rotatable bonds is 6. The monoisotopic (exact) mass is 368 g/mol. The molecule has 4 heteroatoms. The van der Waals surface area contributed by atoms with Crippen LogP contribution in [-0.4, -0.2) is 17.7 Å². The minimum atomic E-state index is -1.31.